The summed E-state index contributed by atoms with van der Waals surface area (Å²) in [6.45, 7) is 2.88. The van der Waals surface area contributed by atoms with Gasteiger partial charge in [-0.1, -0.05) is 13.0 Å². The highest BCUT2D eigenvalue weighted by molar-refractivity contribution is 5.34. The lowest BCUT2D eigenvalue weighted by atomic mass is 10.0. The Labute approximate surface area is 111 Å². The molecule has 1 unspecified atom stereocenters. The van der Waals surface area contributed by atoms with Gasteiger partial charge in [-0.25, -0.2) is 4.39 Å². The number of aromatic nitrogens is 3. The predicted molar refractivity (Wildman–Crippen MR) is 69.5 cm³/mol. The lowest BCUT2D eigenvalue weighted by molar-refractivity contribution is 0.385. The second-order valence-corrected chi connectivity index (χ2v) is 4.18. The van der Waals surface area contributed by atoms with E-state index in [4.69, 9.17) is 4.74 Å². The number of H-pyrrole nitrogens is 1. The number of methoxy groups -OCH3 is 1. The predicted octanol–water partition coefficient (Wildman–Crippen LogP) is 2.04. The van der Waals surface area contributed by atoms with E-state index < -0.39 is 0 Å². The van der Waals surface area contributed by atoms with Gasteiger partial charge in [-0.15, -0.1) is 0 Å². The van der Waals surface area contributed by atoms with E-state index in [1.54, 1.807) is 12.3 Å². The standard InChI is InChI=1S/C13H17FN4O/c1-3-6-15-13(11-8-16-18-17-11)9-4-5-12(19-2)10(14)7-9/h4-5,7-8,13,15H,3,6H2,1-2H3,(H,16,17,18). The lowest BCUT2D eigenvalue weighted by Crippen LogP contribution is -2.23. The fourth-order valence-corrected chi connectivity index (χ4v) is 1.89. The van der Waals surface area contributed by atoms with Crippen molar-refractivity contribution in [1.29, 1.82) is 0 Å². The highest BCUT2D eigenvalue weighted by Crippen LogP contribution is 2.25. The average molecular weight is 264 g/mol. The molecule has 1 atom stereocenters. The lowest BCUT2D eigenvalue weighted by Gasteiger charge is -2.17. The van der Waals surface area contributed by atoms with E-state index in [0.717, 1.165) is 24.2 Å². The molecule has 0 saturated carbocycles. The molecule has 1 aromatic heterocycles. The van der Waals surface area contributed by atoms with Crippen LogP contribution in [-0.4, -0.2) is 29.1 Å². The van der Waals surface area contributed by atoms with Crippen LogP contribution in [0.15, 0.2) is 24.4 Å². The molecule has 0 aliphatic carbocycles. The number of halogens is 1. The molecule has 2 aromatic rings. The number of hydrogen-bond acceptors (Lipinski definition) is 4. The van der Waals surface area contributed by atoms with Crippen LogP contribution in [0, 0.1) is 5.82 Å². The second-order valence-electron chi connectivity index (χ2n) is 4.18. The van der Waals surface area contributed by atoms with E-state index in [1.807, 2.05) is 6.07 Å². The maximum Gasteiger partial charge on any atom is 0.165 e. The molecule has 0 aliphatic heterocycles. The van der Waals surface area contributed by atoms with Gasteiger partial charge < -0.3 is 10.1 Å². The monoisotopic (exact) mass is 264 g/mol. The minimum Gasteiger partial charge on any atom is -0.494 e. The highest BCUT2D eigenvalue weighted by Gasteiger charge is 2.17. The molecule has 0 aliphatic rings. The molecule has 0 amide bonds. The Kier molecular flexibility index (Phi) is 4.46. The topological polar surface area (TPSA) is 62.8 Å². The van der Waals surface area contributed by atoms with Gasteiger partial charge in [0.25, 0.3) is 0 Å². The van der Waals surface area contributed by atoms with Crippen molar-refractivity contribution in [2.75, 3.05) is 13.7 Å². The van der Waals surface area contributed by atoms with Gasteiger partial charge in [-0.05, 0) is 30.7 Å². The number of rotatable bonds is 6. The Morgan fingerprint density at radius 2 is 2.32 bits per heavy atom. The summed E-state index contributed by atoms with van der Waals surface area (Å²) in [4.78, 5) is 0. The molecule has 6 heteroatoms. The van der Waals surface area contributed by atoms with Gasteiger partial charge in [0.05, 0.1) is 19.3 Å². The zero-order chi connectivity index (χ0) is 13.7. The molecule has 2 N–H and O–H groups in total. The van der Waals surface area contributed by atoms with Crippen molar-refractivity contribution >= 4 is 0 Å². The van der Waals surface area contributed by atoms with Crippen LogP contribution >= 0.6 is 0 Å². The number of hydrogen-bond donors (Lipinski definition) is 2. The molecule has 0 spiro atoms. The number of ether oxygens (including phenoxy) is 1. The largest absolute Gasteiger partial charge is 0.494 e. The minimum absolute atomic E-state index is 0.181. The first-order valence-electron chi connectivity index (χ1n) is 6.18. The smallest absolute Gasteiger partial charge is 0.165 e. The van der Waals surface area contributed by atoms with Crippen molar-refractivity contribution < 1.29 is 9.13 Å². The van der Waals surface area contributed by atoms with Gasteiger partial charge in [0.15, 0.2) is 11.6 Å². The van der Waals surface area contributed by atoms with Crippen LogP contribution in [0.25, 0.3) is 0 Å². The third-order valence-electron chi connectivity index (χ3n) is 2.84. The molecule has 5 nitrogen and oxygen atoms in total. The summed E-state index contributed by atoms with van der Waals surface area (Å²) in [7, 11) is 1.45. The maximum absolute atomic E-state index is 13.8. The van der Waals surface area contributed by atoms with Crippen molar-refractivity contribution in [3.8, 4) is 5.75 Å². The fraction of sp³-hybridized carbons (Fsp3) is 0.385. The van der Waals surface area contributed by atoms with Crippen LogP contribution in [0.4, 0.5) is 4.39 Å². The van der Waals surface area contributed by atoms with Crippen LogP contribution in [0.1, 0.15) is 30.6 Å². The third-order valence-corrected chi connectivity index (χ3v) is 2.84. The SMILES string of the molecule is CCCNC(c1ccc(OC)c(F)c1)c1cn[nH]n1. The number of aromatic amines is 1. The quantitative estimate of drug-likeness (QED) is 0.838. The van der Waals surface area contributed by atoms with Crippen LogP contribution < -0.4 is 10.1 Å². The molecule has 2 rings (SSSR count). The maximum atomic E-state index is 13.8. The van der Waals surface area contributed by atoms with Gasteiger partial charge in [0, 0.05) is 0 Å². The van der Waals surface area contributed by atoms with Gasteiger partial charge >= 0.3 is 0 Å². The summed E-state index contributed by atoms with van der Waals surface area (Å²) < 4.78 is 18.7. The molecule has 1 aromatic carbocycles. The van der Waals surface area contributed by atoms with Crippen LogP contribution in [0.3, 0.4) is 0 Å². The van der Waals surface area contributed by atoms with Crippen molar-refractivity contribution in [3.63, 3.8) is 0 Å². The van der Waals surface area contributed by atoms with E-state index in [1.165, 1.54) is 13.2 Å². The molecule has 0 radical (unpaired) electrons. The van der Waals surface area contributed by atoms with Crippen molar-refractivity contribution in [3.05, 3.63) is 41.5 Å². The van der Waals surface area contributed by atoms with E-state index in [2.05, 4.69) is 27.7 Å². The molecular weight excluding hydrogens is 247 g/mol. The van der Waals surface area contributed by atoms with E-state index >= 15 is 0 Å². The first kappa shape index (κ1) is 13.5. The summed E-state index contributed by atoms with van der Waals surface area (Å²) in [5.74, 6) is -0.148. The molecular formula is C13H17FN4O. The summed E-state index contributed by atoms with van der Waals surface area (Å²) in [5, 5.41) is 13.8. The third kappa shape index (κ3) is 3.08. The Morgan fingerprint density at radius 3 is 2.89 bits per heavy atom. The summed E-state index contributed by atoms with van der Waals surface area (Å²) >= 11 is 0. The minimum atomic E-state index is -0.383. The molecule has 1 heterocycles. The molecule has 19 heavy (non-hydrogen) atoms. The van der Waals surface area contributed by atoms with Crippen molar-refractivity contribution in [1.82, 2.24) is 20.7 Å². The Hall–Kier alpha value is -1.95. The van der Waals surface area contributed by atoms with E-state index in [9.17, 15) is 4.39 Å². The number of nitrogens with zero attached hydrogens (tertiary/aromatic N) is 2. The summed E-state index contributed by atoms with van der Waals surface area (Å²) in [6, 6.07) is 4.72. The molecule has 0 saturated heterocycles. The first-order chi connectivity index (χ1) is 9.26. The highest BCUT2D eigenvalue weighted by atomic mass is 19.1. The Bertz CT molecular complexity index is 515. The fourth-order valence-electron chi connectivity index (χ4n) is 1.89. The molecule has 0 bridgehead atoms. The zero-order valence-electron chi connectivity index (χ0n) is 11.0. The normalized spacial score (nSPS) is 12.4. The first-order valence-corrected chi connectivity index (χ1v) is 6.18. The number of benzene rings is 1. The van der Waals surface area contributed by atoms with Crippen molar-refractivity contribution in [2.45, 2.75) is 19.4 Å². The van der Waals surface area contributed by atoms with Gasteiger partial charge in [-0.2, -0.15) is 15.4 Å². The molecule has 0 fully saturated rings. The summed E-state index contributed by atoms with van der Waals surface area (Å²) in [5.41, 5.74) is 1.53. The van der Waals surface area contributed by atoms with Gasteiger partial charge in [0.2, 0.25) is 0 Å². The average Bonchev–Trinajstić information content (AvgIpc) is 2.93. The van der Waals surface area contributed by atoms with E-state index in [0.29, 0.717) is 0 Å². The molecule has 102 valence electrons. The van der Waals surface area contributed by atoms with Gasteiger partial charge in [-0.3, -0.25) is 0 Å². The van der Waals surface area contributed by atoms with Crippen LogP contribution in [0.5, 0.6) is 5.75 Å². The van der Waals surface area contributed by atoms with E-state index in [-0.39, 0.29) is 17.6 Å². The van der Waals surface area contributed by atoms with Crippen LogP contribution in [0.2, 0.25) is 0 Å². The Morgan fingerprint density at radius 1 is 1.47 bits per heavy atom. The van der Waals surface area contributed by atoms with Crippen molar-refractivity contribution in [2.24, 2.45) is 0 Å². The zero-order valence-corrected chi connectivity index (χ0v) is 11.0. The summed E-state index contributed by atoms with van der Waals surface area (Å²) in [6.07, 6.45) is 2.61. The van der Waals surface area contributed by atoms with Crippen LogP contribution in [-0.2, 0) is 0 Å². The van der Waals surface area contributed by atoms with Gasteiger partial charge in [0.1, 0.15) is 5.69 Å². The number of nitrogens with one attached hydrogen (secondary N) is 2. The second kappa shape index (κ2) is 6.29. The Balaban J connectivity index is 2.30.